The van der Waals surface area contributed by atoms with Gasteiger partial charge in [0.05, 0.1) is 13.0 Å². The molecule has 7 heteroatoms. The highest BCUT2D eigenvalue weighted by molar-refractivity contribution is 5.79. The van der Waals surface area contributed by atoms with Gasteiger partial charge in [0.25, 0.3) is 0 Å². The van der Waals surface area contributed by atoms with Crippen molar-refractivity contribution in [2.45, 2.75) is 13.3 Å². The summed E-state index contributed by atoms with van der Waals surface area (Å²) in [7, 11) is 0. The van der Waals surface area contributed by atoms with Crippen LogP contribution in [0.3, 0.4) is 0 Å². The van der Waals surface area contributed by atoms with E-state index in [9.17, 15) is 4.79 Å². The van der Waals surface area contributed by atoms with Gasteiger partial charge >= 0.3 is 6.01 Å². The lowest BCUT2D eigenvalue weighted by Gasteiger charge is -2.33. The Labute approximate surface area is 169 Å². The Kier molecular flexibility index (Phi) is 5.74. The summed E-state index contributed by atoms with van der Waals surface area (Å²) in [4.78, 5) is 16.6. The number of aromatic nitrogens is 2. The molecule has 0 unspecified atom stereocenters. The third-order valence-electron chi connectivity index (χ3n) is 4.93. The van der Waals surface area contributed by atoms with E-state index in [-0.39, 0.29) is 5.91 Å². The van der Waals surface area contributed by atoms with E-state index in [1.807, 2.05) is 71.3 Å². The van der Waals surface area contributed by atoms with Gasteiger partial charge in [-0.2, -0.15) is 0 Å². The lowest BCUT2D eigenvalue weighted by molar-refractivity contribution is -0.130. The second kappa shape index (κ2) is 8.77. The largest absolute Gasteiger partial charge is 0.494 e. The van der Waals surface area contributed by atoms with Crippen LogP contribution in [0.1, 0.15) is 12.5 Å². The highest BCUT2D eigenvalue weighted by Gasteiger charge is 2.24. The predicted octanol–water partition coefficient (Wildman–Crippen LogP) is 3.03. The van der Waals surface area contributed by atoms with E-state index in [0.717, 1.165) is 16.9 Å². The molecule has 0 spiro atoms. The van der Waals surface area contributed by atoms with Crippen LogP contribution in [0.15, 0.2) is 59.0 Å². The average Bonchev–Trinajstić information content (AvgIpc) is 3.26. The lowest BCUT2D eigenvalue weighted by atomic mass is 10.1. The number of hydrogen-bond donors (Lipinski definition) is 0. The first-order valence-electron chi connectivity index (χ1n) is 9.86. The highest BCUT2D eigenvalue weighted by Crippen LogP contribution is 2.22. The fourth-order valence-electron chi connectivity index (χ4n) is 3.34. The van der Waals surface area contributed by atoms with E-state index in [1.54, 1.807) is 0 Å². The molecule has 0 aliphatic carbocycles. The van der Waals surface area contributed by atoms with Gasteiger partial charge in [-0.05, 0) is 36.8 Å². The van der Waals surface area contributed by atoms with Crippen molar-refractivity contribution in [2.24, 2.45) is 0 Å². The number of ether oxygens (including phenoxy) is 1. The molecule has 2 aromatic carbocycles. The third-order valence-corrected chi connectivity index (χ3v) is 4.93. The van der Waals surface area contributed by atoms with Crippen LogP contribution >= 0.6 is 0 Å². The van der Waals surface area contributed by atoms with Crippen molar-refractivity contribution in [2.75, 3.05) is 37.7 Å². The van der Waals surface area contributed by atoms with Crippen molar-refractivity contribution in [1.82, 2.24) is 15.1 Å². The SMILES string of the molecule is CCOc1ccc(CC(=O)N2CCN(c3nnc(-c4ccccc4)o3)CC2)cc1. The minimum absolute atomic E-state index is 0.129. The molecule has 2 heterocycles. The first-order valence-corrected chi connectivity index (χ1v) is 9.86. The van der Waals surface area contributed by atoms with Crippen LogP contribution in [0.5, 0.6) is 5.75 Å². The summed E-state index contributed by atoms with van der Waals surface area (Å²) in [6.45, 7) is 5.21. The smallest absolute Gasteiger partial charge is 0.318 e. The predicted molar refractivity (Wildman–Crippen MR) is 110 cm³/mol. The first-order chi connectivity index (χ1) is 14.2. The molecule has 1 saturated heterocycles. The molecule has 7 nitrogen and oxygen atoms in total. The zero-order chi connectivity index (χ0) is 20.1. The minimum atomic E-state index is 0.129. The maximum atomic E-state index is 12.6. The van der Waals surface area contributed by atoms with Crippen molar-refractivity contribution < 1.29 is 13.9 Å². The van der Waals surface area contributed by atoms with E-state index in [2.05, 4.69) is 10.2 Å². The van der Waals surface area contributed by atoms with Crippen LogP contribution in [-0.4, -0.2) is 53.8 Å². The normalized spacial score (nSPS) is 14.1. The van der Waals surface area contributed by atoms with Gasteiger partial charge in [0, 0.05) is 31.7 Å². The van der Waals surface area contributed by atoms with Crippen LogP contribution < -0.4 is 9.64 Å². The zero-order valence-electron chi connectivity index (χ0n) is 16.5. The van der Waals surface area contributed by atoms with Crippen molar-refractivity contribution in [3.63, 3.8) is 0 Å². The summed E-state index contributed by atoms with van der Waals surface area (Å²) < 4.78 is 11.3. The van der Waals surface area contributed by atoms with Gasteiger partial charge in [0.2, 0.25) is 11.8 Å². The Morgan fingerprint density at radius 3 is 2.41 bits per heavy atom. The van der Waals surface area contributed by atoms with Crippen molar-refractivity contribution in [3.05, 3.63) is 60.2 Å². The molecule has 1 aliphatic heterocycles. The zero-order valence-corrected chi connectivity index (χ0v) is 16.5. The molecule has 0 bridgehead atoms. The van der Waals surface area contributed by atoms with Crippen molar-refractivity contribution in [1.29, 1.82) is 0 Å². The third kappa shape index (κ3) is 4.56. The Morgan fingerprint density at radius 2 is 1.72 bits per heavy atom. The molecule has 3 aromatic rings. The van der Waals surface area contributed by atoms with Gasteiger partial charge in [-0.25, -0.2) is 0 Å². The number of amides is 1. The molecule has 0 atom stereocenters. The van der Waals surface area contributed by atoms with Gasteiger partial charge < -0.3 is 19.0 Å². The first kappa shape index (κ1) is 19.0. The summed E-state index contributed by atoms with van der Waals surface area (Å²) >= 11 is 0. The molecule has 1 aliphatic rings. The number of hydrogen-bond acceptors (Lipinski definition) is 6. The Hall–Kier alpha value is -3.35. The van der Waals surface area contributed by atoms with Crippen molar-refractivity contribution in [3.8, 4) is 17.2 Å². The molecular weight excluding hydrogens is 368 g/mol. The van der Waals surface area contributed by atoms with Gasteiger partial charge in [-0.15, -0.1) is 5.10 Å². The quantitative estimate of drug-likeness (QED) is 0.642. The summed E-state index contributed by atoms with van der Waals surface area (Å²) in [5.74, 6) is 1.46. The second-order valence-corrected chi connectivity index (χ2v) is 6.88. The highest BCUT2D eigenvalue weighted by atomic mass is 16.5. The summed E-state index contributed by atoms with van der Waals surface area (Å²) in [6.07, 6.45) is 0.394. The average molecular weight is 392 g/mol. The lowest BCUT2D eigenvalue weighted by Crippen LogP contribution is -2.49. The Bertz CT molecular complexity index is 932. The molecule has 4 rings (SSSR count). The summed E-state index contributed by atoms with van der Waals surface area (Å²) in [5.41, 5.74) is 1.89. The maximum absolute atomic E-state index is 12.6. The minimum Gasteiger partial charge on any atom is -0.494 e. The molecule has 29 heavy (non-hydrogen) atoms. The van der Waals surface area contributed by atoms with E-state index in [1.165, 1.54) is 0 Å². The number of carbonyl (C=O) groups is 1. The number of rotatable bonds is 6. The molecule has 1 aromatic heterocycles. The van der Waals surface area contributed by atoms with Gasteiger partial charge in [0.1, 0.15) is 5.75 Å². The molecule has 150 valence electrons. The van der Waals surface area contributed by atoms with Gasteiger partial charge in [-0.3, -0.25) is 4.79 Å². The Balaban J connectivity index is 1.31. The van der Waals surface area contributed by atoms with E-state index >= 15 is 0 Å². The molecule has 1 amide bonds. The monoisotopic (exact) mass is 392 g/mol. The summed E-state index contributed by atoms with van der Waals surface area (Å²) in [6, 6.07) is 17.9. The van der Waals surface area contributed by atoms with Crippen LogP contribution in [-0.2, 0) is 11.2 Å². The maximum Gasteiger partial charge on any atom is 0.318 e. The van der Waals surface area contributed by atoms with Crippen LogP contribution in [0.2, 0.25) is 0 Å². The molecule has 0 radical (unpaired) electrons. The van der Waals surface area contributed by atoms with Crippen LogP contribution in [0, 0.1) is 0 Å². The number of anilines is 1. The molecule has 0 N–H and O–H groups in total. The van der Waals surface area contributed by atoms with Gasteiger partial charge in [0.15, 0.2) is 0 Å². The number of carbonyl (C=O) groups excluding carboxylic acids is 1. The van der Waals surface area contributed by atoms with Crippen LogP contribution in [0.4, 0.5) is 6.01 Å². The number of piperazine rings is 1. The Morgan fingerprint density at radius 1 is 1.00 bits per heavy atom. The standard InChI is InChI=1S/C22H24N4O3/c1-2-28-19-10-8-17(9-11-19)16-20(27)25-12-14-26(15-13-25)22-24-23-21(29-22)18-6-4-3-5-7-18/h3-11H,2,12-16H2,1H3. The molecule has 1 fully saturated rings. The van der Waals surface area contributed by atoms with E-state index in [4.69, 9.17) is 9.15 Å². The van der Waals surface area contributed by atoms with Crippen molar-refractivity contribution >= 4 is 11.9 Å². The second-order valence-electron chi connectivity index (χ2n) is 6.88. The topological polar surface area (TPSA) is 71.7 Å². The number of benzene rings is 2. The fourth-order valence-corrected chi connectivity index (χ4v) is 3.34. The summed E-state index contributed by atoms with van der Waals surface area (Å²) in [5, 5.41) is 8.31. The van der Waals surface area contributed by atoms with Gasteiger partial charge in [-0.1, -0.05) is 35.4 Å². The molecular formula is C22H24N4O3. The fraction of sp³-hybridized carbons (Fsp3) is 0.318. The number of nitrogens with zero attached hydrogens (tertiary/aromatic N) is 4. The van der Waals surface area contributed by atoms with Crippen LogP contribution in [0.25, 0.3) is 11.5 Å². The molecule has 0 saturated carbocycles. The van der Waals surface area contributed by atoms with E-state index < -0.39 is 0 Å². The van der Waals surface area contributed by atoms with E-state index in [0.29, 0.717) is 51.1 Å².